The molecule has 4 heteroatoms. The van der Waals surface area contributed by atoms with Crippen LogP contribution in [0.3, 0.4) is 0 Å². The molecule has 2 fully saturated rings. The van der Waals surface area contributed by atoms with E-state index in [1.807, 2.05) is 24.3 Å². The number of imide groups is 1. The number of carbonyl (C=O) groups excluding carboxylic acids is 2. The second-order valence-electron chi connectivity index (χ2n) is 4.27. The number of nitrogens with one attached hydrogen (secondary N) is 1. The highest BCUT2D eigenvalue weighted by Crippen LogP contribution is 2.57. The Morgan fingerprint density at radius 1 is 1.31 bits per heavy atom. The van der Waals surface area contributed by atoms with Gasteiger partial charge in [-0.15, -0.1) is 0 Å². The van der Waals surface area contributed by atoms with Gasteiger partial charge in [0.25, 0.3) is 0 Å². The van der Waals surface area contributed by atoms with Crippen LogP contribution in [0.2, 0.25) is 0 Å². The van der Waals surface area contributed by atoms with Crippen LogP contribution < -0.4 is 10.1 Å². The molecule has 1 N–H and O–H groups in total. The molecular formula is C12H11NO3. The van der Waals surface area contributed by atoms with Crippen LogP contribution in [-0.2, 0) is 15.0 Å². The van der Waals surface area contributed by atoms with Gasteiger partial charge < -0.3 is 4.74 Å². The number of hydrogen-bond acceptors (Lipinski definition) is 3. The Kier molecular flexibility index (Phi) is 1.67. The van der Waals surface area contributed by atoms with Crippen LogP contribution in [0, 0.1) is 5.92 Å². The fourth-order valence-electron chi connectivity index (χ4n) is 2.48. The third-order valence-electron chi connectivity index (χ3n) is 3.52. The number of amides is 2. The number of hydrogen-bond donors (Lipinski definition) is 1. The molecule has 0 bridgehead atoms. The highest BCUT2D eigenvalue weighted by Gasteiger charge is 2.69. The van der Waals surface area contributed by atoms with Crippen molar-refractivity contribution < 1.29 is 14.3 Å². The number of carbonyl (C=O) groups is 2. The van der Waals surface area contributed by atoms with E-state index in [0.29, 0.717) is 6.42 Å². The van der Waals surface area contributed by atoms with Crippen molar-refractivity contribution in [3.05, 3.63) is 29.8 Å². The van der Waals surface area contributed by atoms with E-state index in [1.165, 1.54) is 0 Å². The molecule has 0 radical (unpaired) electrons. The number of fused-ring (bicyclic) bond motifs is 1. The molecule has 1 heterocycles. The summed E-state index contributed by atoms with van der Waals surface area (Å²) < 4.78 is 5.06. The highest BCUT2D eigenvalue weighted by molar-refractivity contribution is 6.15. The van der Waals surface area contributed by atoms with Crippen LogP contribution in [0.25, 0.3) is 0 Å². The molecule has 1 aliphatic carbocycles. The lowest BCUT2D eigenvalue weighted by atomic mass is 9.94. The molecule has 16 heavy (non-hydrogen) atoms. The molecule has 1 aromatic carbocycles. The van der Waals surface area contributed by atoms with Crippen molar-refractivity contribution >= 4 is 11.8 Å². The van der Waals surface area contributed by atoms with Gasteiger partial charge in [0.15, 0.2) is 0 Å². The first kappa shape index (κ1) is 9.39. The predicted molar refractivity (Wildman–Crippen MR) is 55.9 cm³/mol. The summed E-state index contributed by atoms with van der Waals surface area (Å²) in [7, 11) is 1.60. The minimum Gasteiger partial charge on any atom is -0.497 e. The molecule has 2 aliphatic rings. The molecule has 4 nitrogen and oxygen atoms in total. The lowest BCUT2D eigenvalue weighted by molar-refractivity contribution is -0.127. The first-order chi connectivity index (χ1) is 7.68. The fraction of sp³-hybridized carbons (Fsp3) is 0.333. The average molecular weight is 217 g/mol. The van der Waals surface area contributed by atoms with Crippen molar-refractivity contribution in [2.45, 2.75) is 11.8 Å². The van der Waals surface area contributed by atoms with E-state index in [-0.39, 0.29) is 17.7 Å². The summed E-state index contributed by atoms with van der Waals surface area (Å²) >= 11 is 0. The Labute approximate surface area is 92.6 Å². The maximum atomic E-state index is 11.7. The zero-order valence-electron chi connectivity index (χ0n) is 8.82. The third-order valence-corrected chi connectivity index (χ3v) is 3.52. The number of ether oxygens (including phenoxy) is 1. The predicted octanol–water partition coefficient (Wildman–Crippen LogP) is 0.609. The Bertz CT molecular complexity index is 480. The first-order valence-electron chi connectivity index (χ1n) is 5.18. The Hall–Kier alpha value is -1.84. The quantitative estimate of drug-likeness (QED) is 0.738. The van der Waals surface area contributed by atoms with E-state index < -0.39 is 5.41 Å². The van der Waals surface area contributed by atoms with Crippen molar-refractivity contribution in [2.24, 2.45) is 5.92 Å². The molecule has 1 saturated heterocycles. The summed E-state index contributed by atoms with van der Waals surface area (Å²) in [6.07, 6.45) is 0.643. The number of rotatable bonds is 2. The van der Waals surface area contributed by atoms with Gasteiger partial charge in [0, 0.05) is 0 Å². The monoisotopic (exact) mass is 217 g/mol. The van der Waals surface area contributed by atoms with E-state index in [9.17, 15) is 9.59 Å². The van der Waals surface area contributed by atoms with E-state index in [0.717, 1.165) is 11.3 Å². The normalized spacial score (nSPS) is 30.9. The van der Waals surface area contributed by atoms with Crippen LogP contribution in [-0.4, -0.2) is 18.9 Å². The SMILES string of the molecule is COc1ccc(C23CC2C(=O)NC3=O)cc1. The Balaban J connectivity index is 1.99. The standard InChI is InChI=1S/C12H11NO3/c1-16-8-4-2-7(3-5-8)12-6-9(12)10(14)13-11(12)15/h2-5,9H,6H2,1H3,(H,13,14,15). The lowest BCUT2D eigenvalue weighted by Crippen LogP contribution is -2.30. The molecule has 82 valence electrons. The summed E-state index contributed by atoms with van der Waals surface area (Å²) in [6.45, 7) is 0. The number of piperidine rings is 1. The molecule has 2 atom stereocenters. The molecule has 2 unspecified atom stereocenters. The minimum absolute atomic E-state index is 0.138. The summed E-state index contributed by atoms with van der Waals surface area (Å²) in [4.78, 5) is 23.1. The maximum Gasteiger partial charge on any atom is 0.238 e. The van der Waals surface area contributed by atoms with Crippen molar-refractivity contribution in [3.8, 4) is 5.75 Å². The van der Waals surface area contributed by atoms with E-state index in [2.05, 4.69) is 5.32 Å². The van der Waals surface area contributed by atoms with E-state index in [4.69, 9.17) is 4.74 Å². The van der Waals surface area contributed by atoms with Crippen LogP contribution >= 0.6 is 0 Å². The number of benzene rings is 1. The fourth-order valence-corrected chi connectivity index (χ4v) is 2.48. The van der Waals surface area contributed by atoms with Crippen molar-refractivity contribution in [3.63, 3.8) is 0 Å². The van der Waals surface area contributed by atoms with E-state index in [1.54, 1.807) is 7.11 Å². The third kappa shape index (κ3) is 0.988. The van der Waals surface area contributed by atoms with Gasteiger partial charge in [0.05, 0.1) is 18.4 Å². The molecule has 3 rings (SSSR count). The summed E-state index contributed by atoms with van der Waals surface area (Å²) in [5.41, 5.74) is 0.324. The van der Waals surface area contributed by atoms with Crippen molar-refractivity contribution in [2.75, 3.05) is 7.11 Å². The molecule has 0 spiro atoms. The smallest absolute Gasteiger partial charge is 0.238 e. The first-order valence-corrected chi connectivity index (χ1v) is 5.18. The molecule has 1 aromatic rings. The zero-order valence-corrected chi connectivity index (χ0v) is 8.82. The van der Waals surface area contributed by atoms with Crippen molar-refractivity contribution in [1.29, 1.82) is 0 Å². The molecule has 1 saturated carbocycles. The van der Waals surface area contributed by atoms with Gasteiger partial charge in [0.2, 0.25) is 11.8 Å². The maximum absolute atomic E-state index is 11.7. The lowest BCUT2D eigenvalue weighted by Gasteiger charge is -2.10. The number of methoxy groups -OCH3 is 1. The van der Waals surface area contributed by atoms with E-state index >= 15 is 0 Å². The van der Waals surface area contributed by atoms with Crippen LogP contribution in [0.4, 0.5) is 0 Å². The molecule has 0 aromatic heterocycles. The Morgan fingerprint density at radius 3 is 2.44 bits per heavy atom. The Morgan fingerprint density at radius 2 is 2.00 bits per heavy atom. The molecular weight excluding hydrogens is 206 g/mol. The summed E-state index contributed by atoms with van der Waals surface area (Å²) in [5, 5.41) is 2.38. The average Bonchev–Trinajstić information content (AvgIpc) is 3.00. The van der Waals surface area contributed by atoms with Crippen molar-refractivity contribution in [1.82, 2.24) is 5.32 Å². The second-order valence-corrected chi connectivity index (χ2v) is 4.27. The second kappa shape index (κ2) is 2.84. The van der Waals surface area contributed by atoms with Gasteiger partial charge in [0.1, 0.15) is 5.75 Å². The largest absolute Gasteiger partial charge is 0.497 e. The highest BCUT2D eigenvalue weighted by atomic mass is 16.5. The minimum atomic E-state index is -0.580. The summed E-state index contributed by atoms with van der Waals surface area (Å²) in [5.74, 6) is 0.295. The van der Waals surface area contributed by atoms with Crippen LogP contribution in [0.15, 0.2) is 24.3 Å². The van der Waals surface area contributed by atoms with Crippen LogP contribution in [0.1, 0.15) is 12.0 Å². The molecule has 1 aliphatic heterocycles. The van der Waals surface area contributed by atoms with Gasteiger partial charge in [-0.3, -0.25) is 14.9 Å². The van der Waals surface area contributed by atoms with Gasteiger partial charge in [-0.05, 0) is 24.1 Å². The van der Waals surface area contributed by atoms with Crippen LogP contribution in [0.5, 0.6) is 5.75 Å². The zero-order chi connectivity index (χ0) is 11.3. The summed E-state index contributed by atoms with van der Waals surface area (Å²) in [6, 6.07) is 7.35. The molecule has 2 amide bonds. The topological polar surface area (TPSA) is 55.4 Å². The van der Waals surface area contributed by atoms with Gasteiger partial charge >= 0.3 is 0 Å². The van der Waals surface area contributed by atoms with Gasteiger partial charge in [-0.25, -0.2) is 0 Å². The van der Waals surface area contributed by atoms with Gasteiger partial charge in [-0.1, -0.05) is 12.1 Å². The van der Waals surface area contributed by atoms with Gasteiger partial charge in [-0.2, -0.15) is 0 Å².